The minimum absolute atomic E-state index is 0.197. The Morgan fingerprint density at radius 3 is 2.70 bits per heavy atom. The SMILES string of the molecule is CCC(N)(CC)C(=O)Nc1ccc(Cl)c2cccnc12. The highest BCUT2D eigenvalue weighted by molar-refractivity contribution is 6.36. The maximum Gasteiger partial charge on any atom is 0.244 e. The van der Waals surface area contributed by atoms with E-state index in [-0.39, 0.29) is 5.91 Å². The summed E-state index contributed by atoms with van der Waals surface area (Å²) in [4.78, 5) is 16.6. The third-order valence-electron chi connectivity index (χ3n) is 3.68. The molecule has 106 valence electrons. The summed E-state index contributed by atoms with van der Waals surface area (Å²) >= 11 is 6.13. The van der Waals surface area contributed by atoms with Crippen LogP contribution >= 0.6 is 11.6 Å². The molecule has 0 aliphatic rings. The molecule has 0 atom stereocenters. The topological polar surface area (TPSA) is 68.0 Å². The molecule has 2 aromatic rings. The Morgan fingerprint density at radius 2 is 2.05 bits per heavy atom. The number of nitrogens with two attached hydrogens (primary N) is 1. The zero-order valence-electron chi connectivity index (χ0n) is 11.6. The second-order valence-electron chi connectivity index (χ2n) is 4.81. The van der Waals surface area contributed by atoms with Gasteiger partial charge in [0.1, 0.15) is 0 Å². The fourth-order valence-corrected chi connectivity index (χ4v) is 2.27. The zero-order chi connectivity index (χ0) is 14.8. The molecule has 0 aliphatic heterocycles. The smallest absolute Gasteiger partial charge is 0.244 e. The summed E-state index contributed by atoms with van der Waals surface area (Å²) < 4.78 is 0. The van der Waals surface area contributed by atoms with Crippen molar-refractivity contribution in [3.63, 3.8) is 0 Å². The van der Waals surface area contributed by atoms with E-state index in [0.29, 0.717) is 29.1 Å². The van der Waals surface area contributed by atoms with E-state index in [4.69, 9.17) is 17.3 Å². The summed E-state index contributed by atoms with van der Waals surface area (Å²) in [5.74, 6) is -0.197. The van der Waals surface area contributed by atoms with Gasteiger partial charge in [-0.25, -0.2) is 0 Å². The summed E-state index contributed by atoms with van der Waals surface area (Å²) in [7, 11) is 0. The van der Waals surface area contributed by atoms with Crippen LogP contribution in [0.25, 0.3) is 10.9 Å². The molecule has 0 bridgehead atoms. The Bertz CT molecular complexity index is 638. The summed E-state index contributed by atoms with van der Waals surface area (Å²) in [5.41, 5.74) is 6.54. The van der Waals surface area contributed by atoms with Gasteiger partial charge in [0, 0.05) is 11.6 Å². The predicted octanol–water partition coefficient (Wildman–Crippen LogP) is 3.34. The molecule has 0 saturated heterocycles. The number of nitrogens with zero attached hydrogens (tertiary/aromatic N) is 1. The molecule has 1 aromatic carbocycles. The second kappa shape index (κ2) is 5.77. The number of nitrogens with one attached hydrogen (secondary N) is 1. The molecule has 20 heavy (non-hydrogen) atoms. The van der Waals surface area contributed by atoms with E-state index >= 15 is 0 Å². The van der Waals surface area contributed by atoms with Gasteiger partial charge in [-0.3, -0.25) is 9.78 Å². The molecule has 0 aliphatic carbocycles. The van der Waals surface area contributed by atoms with Crippen molar-refractivity contribution in [2.24, 2.45) is 5.73 Å². The first-order chi connectivity index (χ1) is 9.51. The van der Waals surface area contributed by atoms with Gasteiger partial charge in [0.25, 0.3) is 0 Å². The van der Waals surface area contributed by atoms with Crippen molar-refractivity contribution in [1.82, 2.24) is 4.98 Å². The van der Waals surface area contributed by atoms with Gasteiger partial charge >= 0.3 is 0 Å². The number of hydrogen-bond acceptors (Lipinski definition) is 3. The minimum atomic E-state index is -0.860. The van der Waals surface area contributed by atoms with Gasteiger partial charge < -0.3 is 11.1 Å². The molecule has 0 radical (unpaired) electrons. The van der Waals surface area contributed by atoms with Crippen LogP contribution in [-0.2, 0) is 4.79 Å². The molecule has 1 heterocycles. The first-order valence-electron chi connectivity index (χ1n) is 6.65. The van der Waals surface area contributed by atoms with E-state index in [0.717, 1.165) is 5.39 Å². The quantitative estimate of drug-likeness (QED) is 0.908. The summed E-state index contributed by atoms with van der Waals surface area (Å²) in [5, 5.41) is 4.28. The van der Waals surface area contributed by atoms with Crippen LogP contribution in [0.1, 0.15) is 26.7 Å². The van der Waals surface area contributed by atoms with Crippen LogP contribution in [0.2, 0.25) is 5.02 Å². The number of carbonyl (C=O) groups is 1. The lowest BCUT2D eigenvalue weighted by atomic mass is 9.93. The first kappa shape index (κ1) is 14.8. The average Bonchev–Trinajstić information content (AvgIpc) is 2.49. The second-order valence-corrected chi connectivity index (χ2v) is 5.22. The molecule has 4 nitrogen and oxygen atoms in total. The van der Waals surface area contributed by atoms with Crippen molar-refractivity contribution in [2.45, 2.75) is 32.2 Å². The number of rotatable bonds is 4. The molecule has 0 spiro atoms. The molecule has 1 amide bonds. The van der Waals surface area contributed by atoms with Gasteiger partial charge in [-0.15, -0.1) is 0 Å². The van der Waals surface area contributed by atoms with Gasteiger partial charge in [0.15, 0.2) is 0 Å². The first-order valence-corrected chi connectivity index (χ1v) is 7.03. The summed E-state index contributed by atoms with van der Waals surface area (Å²) in [6.45, 7) is 3.81. The third-order valence-corrected chi connectivity index (χ3v) is 4.01. The van der Waals surface area contributed by atoms with Crippen LogP contribution in [0.5, 0.6) is 0 Å². The van der Waals surface area contributed by atoms with E-state index in [1.807, 2.05) is 26.0 Å². The lowest BCUT2D eigenvalue weighted by molar-refractivity contribution is -0.121. The van der Waals surface area contributed by atoms with Crippen molar-refractivity contribution in [1.29, 1.82) is 0 Å². The van der Waals surface area contributed by atoms with E-state index in [1.165, 1.54) is 0 Å². The monoisotopic (exact) mass is 291 g/mol. The third kappa shape index (κ3) is 2.62. The van der Waals surface area contributed by atoms with E-state index in [1.54, 1.807) is 18.3 Å². The van der Waals surface area contributed by atoms with Crippen molar-refractivity contribution >= 4 is 34.1 Å². The lowest BCUT2D eigenvalue weighted by Crippen LogP contribution is -2.50. The van der Waals surface area contributed by atoms with Crippen LogP contribution < -0.4 is 11.1 Å². The highest BCUT2D eigenvalue weighted by Crippen LogP contribution is 2.28. The number of amides is 1. The lowest BCUT2D eigenvalue weighted by Gasteiger charge is -2.25. The number of halogens is 1. The van der Waals surface area contributed by atoms with Crippen molar-refractivity contribution in [2.75, 3.05) is 5.32 Å². The number of pyridine rings is 1. The van der Waals surface area contributed by atoms with Gasteiger partial charge in [-0.2, -0.15) is 0 Å². The van der Waals surface area contributed by atoms with Crippen LogP contribution in [-0.4, -0.2) is 16.4 Å². The van der Waals surface area contributed by atoms with E-state index in [9.17, 15) is 4.79 Å². The maximum absolute atomic E-state index is 12.3. The molecular weight excluding hydrogens is 274 g/mol. The van der Waals surface area contributed by atoms with Crippen LogP contribution in [0, 0.1) is 0 Å². The fraction of sp³-hybridized carbons (Fsp3) is 0.333. The van der Waals surface area contributed by atoms with Crippen molar-refractivity contribution in [3.8, 4) is 0 Å². The largest absolute Gasteiger partial charge is 0.323 e. The Balaban J connectivity index is 2.40. The van der Waals surface area contributed by atoms with Gasteiger partial charge in [0.05, 0.1) is 21.8 Å². The average molecular weight is 292 g/mol. The molecule has 1 aromatic heterocycles. The Hall–Kier alpha value is -1.65. The number of aromatic nitrogens is 1. The molecule has 5 heteroatoms. The van der Waals surface area contributed by atoms with Gasteiger partial charge in [0.2, 0.25) is 5.91 Å². The molecule has 3 N–H and O–H groups in total. The number of fused-ring (bicyclic) bond motifs is 1. The summed E-state index contributed by atoms with van der Waals surface area (Å²) in [6.07, 6.45) is 2.83. The molecule has 0 saturated carbocycles. The van der Waals surface area contributed by atoms with Crippen LogP contribution in [0.4, 0.5) is 5.69 Å². The normalized spacial score (nSPS) is 11.6. The highest BCUT2D eigenvalue weighted by Gasteiger charge is 2.30. The van der Waals surface area contributed by atoms with Crippen LogP contribution in [0.3, 0.4) is 0 Å². The molecular formula is C15H18ClN3O. The highest BCUT2D eigenvalue weighted by atomic mass is 35.5. The van der Waals surface area contributed by atoms with E-state index in [2.05, 4.69) is 10.3 Å². The van der Waals surface area contributed by atoms with Gasteiger partial charge in [-0.1, -0.05) is 25.4 Å². The van der Waals surface area contributed by atoms with Crippen molar-refractivity contribution in [3.05, 3.63) is 35.5 Å². The molecule has 0 unspecified atom stereocenters. The number of hydrogen-bond donors (Lipinski definition) is 2. The Kier molecular flexibility index (Phi) is 4.26. The Labute approximate surface area is 123 Å². The predicted molar refractivity (Wildman–Crippen MR) is 82.9 cm³/mol. The standard InChI is InChI=1S/C15H18ClN3O/c1-3-15(17,4-2)14(20)19-12-8-7-11(16)10-6-5-9-18-13(10)12/h5-9H,3-4,17H2,1-2H3,(H,19,20). The molecule has 2 rings (SSSR count). The van der Waals surface area contributed by atoms with Crippen molar-refractivity contribution < 1.29 is 4.79 Å². The Morgan fingerprint density at radius 1 is 1.35 bits per heavy atom. The van der Waals surface area contributed by atoms with Gasteiger partial charge in [-0.05, 0) is 37.1 Å². The number of benzene rings is 1. The number of carbonyl (C=O) groups excluding carboxylic acids is 1. The van der Waals surface area contributed by atoms with E-state index < -0.39 is 5.54 Å². The molecule has 0 fully saturated rings. The summed E-state index contributed by atoms with van der Waals surface area (Å²) in [6, 6.07) is 7.18. The number of anilines is 1. The maximum atomic E-state index is 12.3. The zero-order valence-corrected chi connectivity index (χ0v) is 12.4. The fourth-order valence-electron chi connectivity index (χ4n) is 2.06. The minimum Gasteiger partial charge on any atom is -0.323 e. The van der Waals surface area contributed by atoms with Crippen LogP contribution in [0.15, 0.2) is 30.5 Å².